The molecule has 0 spiro atoms. The summed E-state index contributed by atoms with van der Waals surface area (Å²) in [5.74, 6) is -0.159. The van der Waals surface area contributed by atoms with E-state index in [1.165, 1.54) is 18.9 Å². The van der Waals surface area contributed by atoms with Gasteiger partial charge in [0, 0.05) is 19.1 Å². The van der Waals surface area contributed by atoms with Gasteiger partial charge in [0.25, 0.3) is 0 Å². The van der Waals surface area contributed by atoms with Gasteiger partial charge >= 0.3 is 0 Å². The van der Waals surface area contributed by atoms with Crippen molar-refractivity contribution in [2.24, 2.45) is 0 Å². The Morgan fingerprint density at radius 2 is 2.40 bits per heavy atom. The van der Waals surface area contributed by atoms with Crippen molar-refractivity contribution >= 4 is 0 Å². The van der Waals surface area contributed by atoms with Crippen LogP contribution in [0.4, 0.5) is 4.39 Å². The molecule has 1 saturated heterocycles. The molecule has 2 nitrogen and oxygen atoms in total. The van der Waals surface area contributed by atoms with Gasteiger partial charge in [0.1, 0.15) is 5.82 Å². The number of hydrogen-bond donors (Lipinski definition) is 2. The summed E-state index contributed by atoms with van der Waals surface area (Å²) in [4.78, 5) is 0. The monoisotopic (exact) mass is 208 g/mol. The lowest BCUT2D eigenvalue weighted by Crippen LogP contribution is -2.33. The maximum Gasteiger partial charge on any atom is 0.123 e. The van der Waals surface area contributed by atoms with E-state index in [0.717, 1.165) is 25.2 Å². The highest BCUT2D eigenvalue weighted by Crippen LogP contribution is 2.05. The quantitative estimate of drug-likeness (QED) is 0.786. The summed E-state index contributed by atoms with van der Waals surface area (Å²) in [6.45, 7) is 2.85. The maximum atomic E-state index is 12.9. The molecular formula is C12H17FN2. The molecule has 2 N–H and O–H groups in total. The zero-order valence-corrected chi connectivity index (χ0v) is 8.80. The fourth-order valence-corrected chi connectivity index (χ4v) is 1.97. The van der Waals surface area contributed by atoms with Crippen molar-refractivity contribution < 1.29 is 4.39 Å². The van der Waals surface area contributed by atoms with Crippen molar-refractivity contribution in [2.45, 2.75) is 25.4 Å². The van der Waals surface area contributed by atoms with E-state index in [4.69, 9.17) is 0 Å². The van der Waals surface area contributed by atoms with E-state index in [1.54, 1.807) is 12.1 Å². The van der Waals surface area contributed by atoms with Gasteiger partial charge in [-0.05, 0) is 37.1 Å². The van der Waals surface area contributed by atoms with Crippen molar-refractivity contribution in [2.75, 3.05) is 13.1 Å². The highest BCUT2D eigenvalue weighted by atomic mass is 19.1. The highest BCUT2D eigenvalue weighted by Gasteiger charge is 2.12. The predicted octanol–water partition coefficient (Wildman–Crippen LogP) is 1.67. The number of rotatable bonds is 4. The maximum absolute atomic E-state index is 12.9. The second kappa shape index (κ2) is 5.24. The minimum atomic E-state index is -0.159. The molecule has 0 amide bonds. The lowest BCUT2D eigenvalue weighted by Gasteiger charge is -2.11. The molecule has 0 unspecified atom stereocenters. The van der Waals surface area contributed by atoms with Crippen LogP contribution in [0.3, 0.4) is 0 Å². The summed E-state index contributed by atoms with van der Waals surface area (Å²) in [6.07, 6.45) is 2.52. The van der Waals surface area contributed by atoms with Gasteiger partial charge in [0.2, 0.25) is 0 Å². The Morgan fingerprint density at radius 3 is 3.13 bits per heavy atom. The molecular weight excluding hydrogens is 191 g/mol. The van der Waals surface area contributed by atoms with Crippen molar-refractivity contribution in [3.8, 4) is 0 Å². The zero-order chi connectivity index (χ0) is 10.5. The molecule has 2 rings (SSSR count). The first-order chi connectivity index (χ1) is 7.34. The molecule has 82 valence electrons. The van der Waals surface area contributed by atoms with Gasteiger partial charge in [0.05, 0.1) is 0 Å². The van der Waals surface area contributed by atoms with E-state index in [1.807, 2.05) is 6.07 Å². The van der Waals surface area contributed by atoms with Gasteiger partial charge in [-0.15, -0.1) is 0 Å². The lowest BCUT2D eigenvalue weighted by atomic mass is 10.2. The fourth-order valence-electron chi connectivity index (χ4n) is 1.97. The van der Waals surface area contributed by atoms with Crippen LogP contribution >= 0.6 is 0 Å². The van der Waals surface area contributed by atoms with Crippen LogP contribution in [0, 0.1) is 5.82 Å². The van der Waals surface area contributed by atoms with Gasteiger partial charge in [0.15, 0.2) is 0 Å². The summed E-state index contributed by atoms with van der Waals surface area (Å²) in [5, 5.41) is 6.76. The molecule has 0 saturated carbocycles. The van der Waals surface area contributed by atoms with Gasteiger partial charge in [-0.2, -0.15) is 0 Å². The summed E-state index contributed by atoms with van der Waals surface area (Å²) >= 11 is 0. The normalized spacial score (nSPS) is 20.7. The van der Waals surface area contributed by atoms with Gasteiger partial charge in [-0.25, -0.2) is 4.39 Å². The summed E-state index contributed by atoms with van der Waals surface area (Å²) in [5.41, 5.74) is 1.01. The Kier molecular flexibility index (Phi) is 3.69. The minimum Gasteiger partial charge on any atom is -0.313 e. The van der Waals surface area contributed by atoms with E-state index in [-0.39, 0.29) is 5.82 Å². The first-order valence-electron chi connectivity index (χ1n) is 5.53. The van der Waals surface area contributed by atoms with Crippen molar-refractivity contribution in [1.82, 2.24) is 10.6 Å². The molecule has 0 aliphatic carbocycles. The van der Waals surface area contributed by atoms with Crippen LogP contribution in [-0.4, -0.2) is 19.1 Å². The number of hydrogen-bond acceptors (Lipinski definition) is 2. The van der Waals surface area contributed by atoms with Gasteiger partial charge in [-0.3, -0.25) is 0 Å². The van der Waals surface area contributed by atoms with Crippen molar-refractivity contribution in [1.29, 1.82) is 0 Å². The van der Waals surface area contributed by atoms with Crippen molar-refractivity contribution in [3.05, 3.63) is 35.6 Å². The van der Waals surface area contributed by atoms with E-state index < -0.39 is 0 Å². The molecule has 15 heavy (non-hydrogen) atoms. The molecule has 1 aliphatic rings. The summed E-state index contributed by atoms with van der Waals surface area (Å²) < 4.78 is 12.9. The molecule has 1 fully saturated rings. The molecule has 0 bridgehead atoms. The Labute approximate surface area is 89.9 Å². The third-order valence-electron chi connectivity index (χ3n) is 2.77. The standard InChI is InChI=1S/C12H17FN2/c13-11-4-1-3-10(7-11)8-14-9-12-5-2-6-15-12/h1,3-4,7,12,14-15H,2,5-6,8-9H2/t12-/m1/s1. The molecule has 1 aromatic rings. The average Bonchev–Trinajstić information content (AvgIpc) is 2.71. The zero-order valence-electron chi connectivity index (χ0n) is 8.80. The fraction of sp³-hybridized carbons (Fsp3) is 0.500. The number of benzene rings is 1. The summed E-state index contributed by atoms with van der Waals surface area (Å²) in [6, 6.07) is 7.34. The van der Waals surface area contributed by atoms with Crippen LogP contribution in [0.25, 0.3) is 0 Å². The van der Waals surface area contributed by atoms with Crippen molar-refractivity contribution in [3.63, 3.8) is 0 Å². The molecule has 1 aromatic carbocycles. The second-order valence-electron chi connectivity index (χ2n) is 4.05. The Hall–Kier alpha value is -0.930. The topological polar surface area (TPSA) is 24.1 Å². The lowest BCUT2D eigenvalue weighted by molar-refractivity contribution is 0.534. The van der Waals surface area contributed by atoms with E-state index in [9.17, 15) is 4.39 Å². The predicted molar refractivity (Wildman–Crippen MR) is 59.1 cm³/mol. The minimum absolute atomic E-state index is 0.159. The first-order valence-corrected chi connectivity index (χ1v) is 5.53. The van der Waals surface area contributed by atoms with Crippen LogP contribution in [0.1, 0.15) is 18.4 Å². The Bertz CT molecular complexity index is 308. The first kappa shape index (κ1) is 10.6. The highest BCUT2D eigenvalue weighted by molar-refractivity contribution is 5.15. The molecule has 0 aromatic heterocycles. The van der Waals surface area contributed by atoms with Gasteiger partial charge in [-0.1, -0.05) is 12.1 Å². The molecule has 3 heteroatoms. The molecule has 0 radical (unpaired) electrons. The van der Waals surface area contributed by atoms with Crippen LogP contribution < -0.4 is 10.6 Å². The Morgan fingerprint density at radius 1 is 1.47 bits per heavy atom. The van der Waals surface area contributed by atoms with Crippen LogP contribution in [0.2, 0.25) is 0 Å². The van der Waals surface area contributed by atoms with E-state index >= 15 is 0 Å². The van der Waals surface area contributed by atoms with E-state index in [2.05, 4.69) is 10.6 Å². The Balaban J connectivity index is 1.73. The number of nitrogens with one attached hydrogen (secondary N) is 2. The van der Waals surface area contributed by atoms with E-state index in [0.29, 0.717) is 6.04 Å². The second-order valence-corrected chi connectivity index (χ2v) is 4.05. The third kappa shape index (κ3) is 3.29. The third-order valence-corrected chi connectivity index (χ3v) is 2.77. The summed E-state index contributed by atoms with van der Waals surface area (Å²) in [7, 11) is 0. The smallest absolute Gasteiger partial charge is 0.123 e. The van der Waals surface area contributed by atoms with Gasteiger partial charge < -0.3 is 10.6 Å². The largest absolute Gasteiger partial charge is 0.313 e. The van der Waals surface area contributed by atoms with Crippen LogP contribution in [0.5, 0.6) is 0 Å². The van der Waals surface area contributed by atoms with Crippen LogP contribution in [-0.2, 0) is 6.54 Å². The molecule has 1 atom stereocenters. The molecule has 1 aliphatic heterocycles. The average molecular weight is 208 g/mol. The van der Waals surface area contributed by atoms with Crippen LogP contribution in [0.15, 0.2) is 24.3 Å². The SMILES string of the molecule is Fc1cccc(CNC[C@H]2CCCN2)c1. The number of halogens is 1. The molecule has 1 heterocycles.